The number of aromatic nitrogens is 1. The molecule has 1 saturated heterocycles. The molecule has 0 saturated carbocycles. The lowest BCUT2D eigenvalue weighted by molar-refractivity contribution is -0.139. The van der Waals surface area contributed by atoms with Crippen molar-refractivity contribution in [3.63, 3.8) is 0 Å². The molecule has 1 aromatic heterocycles. The number of hydrogen-bond acceptors (Lipinski definition) is 5. The van der Waals surface area contributed by atoms with E-state index in [1.54, 1.807) is 24.3 Å². The molecular weight excluding hydrogens is 435 g/mol. The summed E-state index contributed by atoms with van der Waals surface area (Å²) in [6, 6.07) is 15.4. The standard InChI is InChI=1S/C25H22F3NO4/c1-15(30)19-13-17(25(26,27)28)9-12-22(19)32-18-10-7-16(8-11-18)20-5-4-6-21(29-20)23-14-31-24(2,3)33-23/h4-13,23H,14H2,1-3H3/t23-/m1/s1. The fourth-order valence-corrected chi connectivity index (χ4v) is 3.52. The monoisotopic (exact) mass is 457 g/mol. The second kappa shape index (κ2) is 8.61. The Bertz CT molecular complexity index is 1170. The molecule has 0 aliphatic carbocycles. The lowest BCUT2D eigenvalue weighted by Gasteiger charge is -2.17. The van der Waals surface area contributed by atoms with E-state index in [1.807, 2.05) is 32.0 Å². The molecule has 0 amide bonds. The third kappa shape index (κ3) is 5.23. The van der Waals surface area contributed by atoms with Gasteiger partial charge in [-0.05, 0) is 75.4 Å². The van der Waals surface area contributed by atoms with Gasteiger partial charge in [-0.3, -0.25) is 4.79 Å². The maximum absolute atomic E-state index is 13.0. The maximum Gasteiger partial charge on any atom is 0.416 e. The van der Waals surface area contributed by atoms with E-state index in [0.717, 1.165) is 35.2 Å². The van der Waals surface area contributed by atoms with Crippen LogP contribution in [0.4, 0.5) is 13.2 Å². The van der Waals surface area contributed by atoms with Crippen molar-refractivity contribution in [2.75, 3.05) is 6.61 Å². The molecule has 0 unspecified atom stereocenters. The van der Waals surface area contributed by atoms with Crippen LogP contribution in [0.1, 0.15) is 48.5 Å². The minimum Gasteiger partial charge on any atom is -0.457 e. The van der Waals surface area contributed by atoms with Gasteiger partial charge in [-0.2, -0.15) is 13.2 Å². The van der Waals surface area contributed by atoms with Gasteiger partial charge in [0.15, 0.2) is 11.6 Å². The number of hydrogen-bond donors (Lipinski definition) is 0. The summed E-state index contributed by atoms with van der Waals surface area (Å²) in [5.74, 6) is -0.732. The SMILES string of the molecule is CC(=O)c1cc(C(F)(F)F)ccc1Oc1ccc(-c2cccc([C@H]3COC(C)(C)O3)n2)cc1. The summed E-state index contributed by atoms with van der Waals surface area (Å²) in [6.45, 7) is 5.32. The number of halogens is 3. The molecule has 172 valence electrons. The highest BCUT2D eigenvalue weighted by atomic mass is 19.4. The molecular formula is C25H22F3NO4. The molecule has 0 radical (unpaired) electrons. The van der Waals surface area contributed by atoms with E-state index in [0.29, 0.717) is 12.4 Å². The van der Waals surface area contributed by atoms with Gasteiger partial charge >= 0.3 is 6.18 Å². The lowest BCUT2D eigenvalue weighted by atomic mass is 10.1. The van der Waals surface area contributed by atoms with Gasteiger partial charge in [0.05, 0.1) is 29.1 Å². The molecule has 0 bridgehead atoms. The average Bonchev–Trinajstić information content (AvgIpc) is 3.13. The fourth-order valence-electron chi connectivity index (χ4n) is 3.52. The van der Waals surface area contributed by atoms with Gasteiger partial charge in [0.1, 0.15) is 17.6 Å². The number of pyridine rings is 1. The number of carbonyl (C=O) groups excluding carboxylic acids is 1. The van der Waals surface area contributed by atoms with E-state index in [4.69, 9.17) is 14.2 Å². The zero-order chi connectivity index (χ0) is 23.8. The summed E-state index contributed by atoms with van der Waals surface area (Å²) in [4.78, 5) is 16.6. The van der Waals surface area contributed by atoms with Crippen LogP contribution in [0.15, 0.2) is 60.7 Å². The Morgan fingerprint density at radius 2 is 1.82 bits per heavy atom. The minimum absolute atomic E-state index is 0.0596. The van der Waals surface area contributed by atoms with Crippen LogP contribution in [0.3, 0.4) is 0 Å². The average molecular weight is 457 g/mol. The van der Waals surface area contributed by atoms with Crippen LogP contribution < -0.4 is 4.74 Å². The van der Waals surface area contributed by atoms with E-state index >= 15 is 0 Å². The molecule has 3 aromatic rings. The first-order chi connectivity index (χ1) is 15.5. The Morgan fingerprint density at radius 3 is 2.42 bits per heavy atom. The van der Waals surface area contributed by atoms with Crippen LogP contribution in [-0.4, -0.2) is 23.2 Å². The number of Topliss-reactive ketones (excluding diaryl/α,β-unsaturated/α-hetero) is 1. The van der Waals surface area contributed by atoms with Gasteiger partial charge in [0.2, 0.25) is 0 Å². The van der Waals surface area contributed by atoms with Crippen molar-refractivity contribution in [2.24, 2.45) is 0 Å². The van der Waals surface area contributed by atoms with Crippen LogP contribution in [0, 0.1) is 0 Å². The highest BCUT2D eigenvalue weighted by molar-refractivity contribution is 5.97. The van der Waals surface area contributed by atoms with E-state index in [9.17, 15) is 18.0 Å². The van der Waals surface area contributed by atoms with Gasteiger partial charge in [-0.25, -0.2) is 4.98 Å². The van der Waals surface area contributed by atoms with Gasteiger partial charge in [0.25, 0.3) is 0 Å². The quantitative estimate of drug-likeness (QED) is 0.405. The number of alkyl halides is 3. The van der Waals surface area contributed by atoms with Crippen molar-refractivity contribution in [1.82, 2.24) is 4.98 Å². The Balaban J connectivity index is 1.54. The van der Waals surface area contributed by atoms with Crippen LogP contribution >= 0.6 is 0 Å². The maximum atomic E-state index is 13.0. The number of ether oxygens (including phenoxy) is 3. The van der Waals surface area contributed by atoms with E-state index in [2.05, 4.69) is 4.98 Å². The van der Waals surface area contributed by atoms with Crippen molar-refractivity contribution >= 4 is 5.78 Å². The van der Waals surface area contributed by atoms with Gasteiger partial charge in [-0.1, -0.05) is 6.07 Å². The molecule has 1 aliphatic heterocycles. The number of nitrogens with zero attached hydrogens (tertiary/aromatic N) is 1. The fraction of sp³-hybridized carbons (Fsp3) is 0.280. The van der Waals surface area contributed by atoms with Crippen molar-refractivity contribution < 1.29 is 32.2 Å². The summed E-state index contributed by atoms with van der Waals surface area (Å²) in [5, 5.41) is 0. The first kappa shape index (κ1) is 22.9. The highest BCUT2D eigenvalue weighted by Gasteiger charge is 2.34. The highest BCUT2D eigenvalue weighted by Crippen LogP contribution is 2.35. The molecule has 4 rings (SSSR count). The molecule has 0 N–H and O–H groups in total. The zero-order valence-corrected chi connectivity index (χ0v) is 18.3. The predicted molar refractivity (Wildman–Crippen MR) is 115 cm³/mol. The summed E-state index contributed by atoms with van der Waals surface area (Å²) >= 11 is 0. The summed E-state index contributed by atoms with van der Waals surface area (Å²) in [6.07, 6.45) is -4.80. The topological polar surface area (TPSA) is 57.7 Å². The second-order valence-corrected chi connectivity index (χ2v) is 8.16. The zero-order valence-electron chi connectivity index (χ0n) is 18.3. The smallest absolute Gasteiger partial charge is 0.416 e. The molecule has 5 nitrogen and oxygen atoms in total. The molecule has 1 fully saturated rings. The minimum atomic E-state index is -4.54. The Kier molecular flexibility index (Phi) is 5.99. The first-order valence-corrected chi connectivity index (χ1v) is 10.3. The molecule has 0 spiro atoms. The largest absolute Gasteiger partial charge is 0.457 e. The molecule has 2 heterocycles. The van der Waals surface area contributed by atoms with Gasteiger partial charge in [0, 0.05) is 5.56 Å². The van der Waals surface area contributed by atoms with Crippen LogP contribution in [-0.2, 0) is 15.7 Å². The van der Waals surface area contributed by atoms with Crippen LogP contribution in [0.25, 0.3) is 11.3 Å². The Morgan fingerprint density at radius 1 is 1.09 bits per heavy atom. The Labute approximate surface area is 189 Å². The molecule has 1 atom stereocenters. The molecule has 1 aliphatic rings. The predicted octanol–water partition coefficient (Wildman–Crippen LogP) is 6.59. The Hall–Kier alpha value is -3.23. The first-order valence-electron chi connectivity index (χ1n) is 10.3. The van der Waals surface area contributed by atoms with Crippen molar-refractivity contribution in [2.45, 2.75) is 38.8 Å². The normalized spacial score (nSPS) is 17.7. The molecule has 8 heteroatoms. The van der Waals surface area contributed by atoms with Crippen LogP contribution in [0.2, 0.25) is 0 Å². The van der Waals surface area contributed by atoms with E-state index in [-0.39, 0.29) is 17.4 Å². The summed E-state index contributed by atoms with van der Waals surface area (Å²) in [5.41, 5.74) is 1.27. The molecule has 33 heavy (non-hydrogen) atoms. The third-order valence-electron chi connectivity index (χ3n) is 5.17. The number of rotatable bonds is 5. The van der Waals surface area contributed by atoms with E-state index in [1.165, 1.54) is 6.92 Å². The number of carbonyl (C=O) groups is 1. The summed E-state index contributed by atoms with van der Waals surface area (Å²) < 4.78 is 56.2. The van der Waals surface area contributed by atoms with Crippen molar-refractivity contribution in [3.05, 3.63) is 77.5 Å². The van der Waals surface area contributed by atoms with E-state index < -0.39 is 23.3 Å². The van der Waals surface area contributed by atoms with Crippen LogP contribution in [0.5, 0.6) is 11.5 Å². The lowest BCUT2D eigenvalue weighted by Crippen LogP contribution is -2.19. The molecule has 2 aromatic carbocycles. The van der Waals surface area contributed by atoms with Crippen molar-refractivity contribution in [1.29, 1.82) is 0 Å². The van der Waals surface area contributed by atoms with Gasteiger partial charge in [-0.15, -0.1) is 0 Å². The van der Waals surface area contributed by atoms with Gasteiger partial charge < -0.3 is 14.2 Å². The van der Waals surface area contributed by atoms with Crippen molar-refractivity contribution in [3.8, 4) is 22.8 Å². The number of ketones is 1. The second-order valence-electron chi connectivity index (χ2n) is 8.16. The number of benzene rings is 2. The summed E-state index contributed by atoms with van der Waals surface area (Å²) in [7, 11) is 0. The third-order valence-corrected chi connectivity index (χ3v) is 5.17.